The van der Waals surface area contributed by atoms with Crippen LogP contribution in [-0.4, -0.2) is 209 Å². The van der Waals surface area contributed by atoms with Gasteiger partial charge in [0.25, 0.3) is 0 Å². The van der Waals surface area contributed by atoms with Crippen molar-refractivity contribution in [2.75, 3.05) is 44.7 Å². The molecule has 0 bridgehead atoms. The molecule has 0 aliphatic carbocycles. The summed E-state index contributed by atoms with van der Waals surface area (Å²) in [6.45, 7) is 2.43. The number of unbranched alkanes of at least 4 members (excludes halogenated alkanes) is 4. The number of primary amides is 2. The van der Waals surface area contributed by atoms with Gasteiger partial charge in [-0.1, -0.05) is 80.1 Å². The zero-order valence-electron chi connectivity index (χ0n) is 66.0. The van der Waals surface area contributed by atoms with Crippen LogP contribution in [0.1, 0.15) is 146 Å². The smallest absolute Gasteiger partial charge is 0.326 e. The average Bonchev–Trinajstić information content (AvgIpc) is 1.75. The molecule has 0 saturated carbocycles. The molecule has 2 heterocycles. The molecule has 0 aliphatic rings. The first-order valence-corrected chi connectivity index (χ1v) is 40.7. The molecule has 0 radical (unpaired) electrons. The topological polar surface area (TPSA) is 648 Å². The summed E-state index contributed by atoms with van der Waals surface area (Å²) in [4.78, 5) is 190. The molecule has 0 aliphatic heterocycles. The molecule has 31 N–H and O–H groups in total. The highest BCUT2D eigenvalue weighted by molar-refractivity contribution is 7.98. The van der Waals surface area contributed by atoms with Gasteiger partial charge in [0.15, 0.2) is 11.9 Å². The van der Waals surface area contributed by atoms with E-state index < -0.39 is 162 Å². The predicted molar refractivity (Wildman–Crippen MR) is 442 cm³/mol. The number of carbonyl (C=O) groups is 13. The number of H-pyrrole nitrogens is 2. The fraction of sp³-hybridized carbons (Fsp3) is 0.526. The third-order valence-electron chi connectivity index (χ3n) is 19.3. The van der Waals surface area contributed by atoms with Crippen LogP contribution in [0.4, 0.5) is 0 Å². The number of guanidine groups is 2. The molecule has 0 spiro atoms. The van der Waals surface area contributed by atoms with Gasteiger partial charge in [0.1, 0.15) is 60.4 Å². The van der Waals surface area contributed by atoms with E-state index in [9.17, 15) is 67.4 Å². The lowest BCUT2D eigenvalue weighted by Gasteiger charge is -2.28. The number of nitrogens with two attached hydrogens (primary N) is 7. The fourth-order valence-corrected chi connectivity index (χ4v) is 13.4. The van der Waals surface area contributed by atoms with Crippen LogP contribution in [0.3, 0.4) is 0 Å². The van der Waals surface area contributed by atoms with Gasteiger partial charge in [-0.2, -0.15) is 11.8 Å². The van der Waals surface area contributed by atoms with Crippen LogP contribution in [0, 0.1) is 16.7 Å². The number of aromatic amines is 2. The minimum atomic E-state index is -1.85. The Kier molecular flexibility index (Phi) is 42.2. The largest absolute Gasteiger partial charge is 0.480 e. The summed E-state index contributed by atoms with van der Waals surface area (Å²) in [6.07, 6.45) is 6.48. The minimum absolute atomic E-state index is 0.000762. The van der Waals surface area contributed by atoms with Crippen molar-refractivity contribution in [1.82, 2.24) is 73.8 Å². The molecular formula is C78H119N23O14S. The van der Waals surface area contributed by atoms with E-state index in [0.29, 0.717) is 67.1 Å². The van der Waals surface area contributed by atoms with E-state index in [1.807, 2.05) is 42.6 Å². The number of amides is 12. The van der Waals surface area contributed by atoms with Gasteiger partial charge in [-0.25, -0.2) is 4.79 Å². The molecule has 0 saturated heterocycles. The summed E-state index contributed by atoms with van der Waals surface area (Å²) >= 11 is 1.31. The summed E-state index contributed by atoms with van der Waals surface area (Å²) in [5.41, 5.74) is 43.4. The third kappa shape index (κ3) is 34.0. The summed E-state index contributed by atoms with van der Waals surface area (Å²) in [6, 6.07) is 8.89. The monoisotopic (exact) mass is 1630 g/mol. The Balaban J connectivity index is 1.44. The number of carboxylic acids is 1. The van der Waals surface area contributed by atoms with Gasteiger partial charge in [-0.3, -0.25) is 68.4 Å². The highest BCUT2D eigenvalue weighted by atomic mass is 32.2. The number of carbonyl (C=O) groups excluding carboxylic acids is 12. The van der Waals surface area contributed by atoms with Gasteiger partial charge in [0.05, 0.1) is 6.42 Å². The highest BCUT2D eigenvalue weighted by Gasteiger charge is 2.37. The molecule has 0 fully saturated rings. The molecule has 636 valence electrons. The molecule has 5 aromatic rings. The van der Waals surface area contributed by atoms with Gasteiger partial charge in [0, 0.05) is 72.5 Å². The number of para-hydroxylation sites is 2. The molecule has 0 unspecified atom stereocenters. The van der Waals surface area contributed by atoms with Crippen LogP contribution in [0.2, 0.25) is 0 Å². The molecule has 12 amide bonds. The van der Waals surface area contributed by atoms with Gasteiger partial charge < -0.3 is 119 Å². The second-order valence-electron chi connectivity index (χ2n) is 28.7. The number of nitrogens with one attached hydrogen (secondary N) is 16. The fourth-order valence-electron chi connectivity index (χ4n) is 13.0. The Morgan fingerprint density at radius 2 is 0.724 bits per heavy atom. The van der Waals surface area contributed by atoms with Crippen LogP contribution in [0.5, 0.6) is 0 Å². The van der Waals surface area contributed by atoms with E-state index in [2.05, 4.69) is 73.8 Å². The maximum Gasteiger partial charge on any atom is 0.326 e. The maximum atomic E-state index is 15.0. The van der Waals surface area contributed by atoms with E-state index in [4.69, 9.17) is 51.0 Å². The quantitative estimate of drug-likeness (QED) is 0.0124. The summed E-state index contributed by atoms with van der Waals surface area (Å²) in [5.74, 6) is -13.0. The highest BCUT2D eigenvalue weighted by Crippen LogP contribution is 2.23. The number of hydrogen-bond donors (Lipinski definition) is 24. The molecule has 11 atom stereocenters. The zero-order valence-corrected chi connectivity index (χ0v) is 66.8. The maximum absolute atomic E-state index is 15.0. The zero-order chi connectivity index (χ0) is 85.1. The van der Waals surface area contributed by atoms with Gasteiger partial charge in [0.2, 0.25) is 70.9 Å². The lowest BCUT2D eigenvalue weighted by atomic mass is 9.98. The van der Waals surface area contributed by atoms with Crippen molar-refractivity contribution in [3.63, 3.8) is 0 Å². The Bertz CT molecular complexity index is 4070. The lowest BCUT2D eigenvalue weighted by molar-refractivity contribution is -0.142. The van der Waals surface area contributed by atoms with Gasteiger partial charge in [-0.05, 0) is 170 Å². The standard InChI is InChI=1S/C78H119N23O14S/c1-46(40-48-44-90-52-24-8-6-22-50(48)52)66(104)99-61(41-47-20-4-3-5-21-47)73(111)94-54(26-10-11-32-64(82)102)71(109)101-63(43-65(83)103)75(113)96-58(31-19-38-89-78(86)87)67(105)93-57(30-18-37-88-77(84)85)68(106)97-59(33-39-116-2)72(110)92-56(28-13-16-35-80)70(108)100-62(42-49-45-91-53-25-9-7-23-51(49)53)74(112)95-55(27-12-15-34-79)69(107)98-60(76(114)115)29-14-17-36-81/h3-9,20-25,44-46,54-63,90-91H,10-19,26-43,79-81H2,1-2H3,(H2,82,102)(H2,83,103)(H,92,110)(H,93,105)(H,94,111)(H,95,112)(H,96,113)(H,97,106)(H,98,107)(H,99,104)(H,100,108)(H,101,109)(H,114,115)(H4,84,85,88)(H4,86,87,89)/t46-,54-,55-,56-,57-,58-,59-,60-,61-,62-,63-/m0/s1. The molecule has 2 aromatic heterocycles. The van der Waals surface area contributed by atoms with Crippen molar-refractivity contribution in [2.24, 2.45) is 46.1 Å². The molecule has 116 heavy (non-hydrogen) atoms. The number of carboxylic acid groups (broad SMARTS) is 1. The SMILES string of the molecule is CSCC[C@H](NC(=O)[C@H](CCCNC(=N)N)NC(=O)[C@H](CCCNC(=N)N)NC(=O)[C@H](CC(N)=O)NC(=O)[C@H](CCCCC(N)=O)NC(=O)[C@H](Cc1ccccc1)NC(=O)[C@@H](C)Cc1c[nH]c2ccccc12)C(=O)N[C@@H](CCCCN)C(=O)N[C@@H](Cc1c[nH]c2ccccc12)C(=O)N[C@@H](CCCCN)C(=O)N[C@@H](CCCCN)C(=O)O. The van der Waals surface area contributed by atoms with Gasteiger partial charge in [-0.15, -0.1) is 0 Å². The molecule has 37 nitrogen and oxygen atoms in total. The van der Waals surface area contributed by atoms with Crippen molar-refractivity contribution < 1.29 is 67.4 Å². The van der Waals surface area contributed by atoms with E-state index in [1.54, 1.807) is 61.8 Å². The molecule has 38 heteroatoms. The molecular weight excluding hydrogens is 1520 g/mol. The molecule has 5 rings (SSSR count). The second kappa shape index (κ2) is 51.5. The van der Waals surface area contributed by atoms with E-state index >= 15 is 0 Å². The van der Waals surface area contributed by atoms with E-state index in [-0.39, 0.29) is 128 Å². The van der Waals surface area contributed by atoms with E-state index in [1.165, 1.54) is 11.8 Å². The minimum Gasteiger partial charge on any atom is -0.480 e. The normalized spacial score (nSPS) is 14.0. The number of fused-ring (bicyclic) bond motifs is 2. The van der Waals surface area contributed by atoms with Crippen LogP contribution >= 0.6 is 11.8 Å². The number of thioether (sulfide) groups is 1. The second-order valence-corrected chi connectivity index (χ2v) is 29.6. The van der Waals surface area contributed by atoms with Crippen molar-refractivity contribution in [3.05, 3.63) is 108 Å². The Hall–Kier alpha value is -11.4. The molecule has 3 aromatic carbocycles. The Labute approximate surface area is 678 Å². The first-order chi connectivity index (χ1) is 55.5. The van der Waals surface area contributed by atoms with Crippen LogP contribution in [0.25, 0.3) is 21.8 Å². The number of aliphatic carboxylic acids is 1. The number of rotatable bonds is 57. The number of hydrogen-bond acceptors (Lipinski definition) is 19. The van der Waals surface area contributed by atoms with Crippen LogP contribution < -0.4 is 104 Å². The van der Waals surface area contributed by atoms with Crippen molar-refractivity contribution >= 4 is 122 Å². The first-order valence-electron chi connectivity index (χ1n) is 39.3. The van der Waals surface area contributed by atoms with Crippen molar-refractivity contribution in [3.8, 4) is 0 Å². The summed E-state index contributed by atoms with van der Waals surface area (Å²) in [5, 5.41) is 59.4. The predicted octanol–water partition coefficient (Wildman–Crippen LogP) is -1.17. The van der Waals surface area contributed by atoms with Crippen LogP contribution in [0.15, 0.2) is 91.3 Å². The average molecular weight is 1640 g/mol. The van der Waals surface area contributed by atoms with E-state index in [0.717, 1.165) is 16.5 Å². The number of aromatic nitrogens is 2. The lowest BCUT2D eigenvalue weighted by Crippen LogP contribution is -2.61. The number of benzene rings is 3. The first kappa shape index (κ1) is 95.2. The van der Waals surface area contributed by atoms with Crippen molar-refractivity contribution in [2.45, 2.75) is 209 Å². The summed E-state index contributed by atoms with van der Waals surface area (Å²) in [7, 11) is 0. The van der Waals surface area contributed by atoms with Crippen molar-refractivity contribution in [1.29, 1.82) is 10.8 Å². The van der Waals surface area contributed by atoms with Crippen LogP contribution in [-0.2, 0) is 81.6 Å². The van der Waals surface area contributed by atoms with Gasteiger partial charge >= 0.3 is 5.97 Å². The third-order valence-corrected chi connectivity index (χ3v) is 20.0. The Morgan fingerprint density at radius 3 is 1.13 bits per heavy atom. The summed E-state index contributed by atoms with van der Waals surface area (Å²) < 4.78 is 0. The Morgan fingerprint density at radius 1 is 0.388 bits per heavy atom.